The normalized spacial score (nSPS) is 19.6. The van der Waals surface area contributed by atoms with Gasteiger partial charge in [0.1, 0.15) is 5.82 Å². The minimum absolute atomic E-state index is 0.0857. The fraction of sp³-hybridized carbons (Fsp3) is 0.476. The van der Waals surface area contributed by atoms with Crippen LogP contribution in [-0.4, -0.2) is 46.6 Å². The average molecular weight is 366 g/mol. The fourth-order valence-corrected chi connectivity index (χ4v) is 3.75. The molecule has 6 heteroatoms. The molecule has 2 heterocycles. The second-order valence-electron chi connectivity index (χ2n) is 7.55. The van der Waals surface area contributed by atoms with Crippen molar-refractivity contribution in [2.24, 2.45) is 5.92 Å². The molecule has 142 valence electrons. The number of carbonyl (C=O) groups excluding carboxylic acids is 1. The van der Waals surface area contributed by atoms with Crippen molar-refractivity contribution in [1.82, 2.24) is 14.9 Å². The van der Waals surface area contributed by atoms with Crippen molar-refractivity contribution in [2.45, 2.75) is 38.2 Å². The van der Waals surface area contributed by atoms with Crippen molar-refractivity contribution in [3.8, 4) is 11.3 Å². The molecule has 1 aliphatic carbocycles. The van der Waals surface area contributed by atoms with Gasteiger partial charge in [-0.25, -0.2) is 4.98 Å². The van der Waals surface area contributed by atoms with Crippen LogP contribution in [0.15, 0.2) is 36.7 Å². The highest BCUT2D eigenvalue weighted by atomic mass is 16.5. The topological polar surface area (TPSA) is 81.3 Å². The number of rotatable bonds is 6. The molecule has 4 rings (SSSR count). The molecule has 1 unspecified atom stereocenters. The molecular formula is C21H26N4O2. The fourth-order valence-electron chi connectivity index (χ4n) is 3.75. The molecule has 1 amide bonds. The molecule has 1 aromatic heterocycles. The Morgan fingerprint density at radius 3 is 2.56 bits per heavy atom. The molecule has 2 aromatic rings. The van der Waals surface area contributed by atoms with Crippen molar-refractivity contribution in [3.05, 3.63) is 42.2 Å². The van der Waals surface area contributed by atoms with E-state index in [0.29, 0.717) is 29.5 Å². The van der Waals surface area contributed by atoms with Gasteiger partial charge >= 0.3 is 0 Å². The number of anilines is 1. The number of hydrogen-bond acceptors (Lipinski definition) is 5. The van der Waals surface area contributed by atoms with Crippen molar-refractivity contribution < 1.29 is 9.53 Å². The first-order valence-electron chi connectivity index (χ1n) is 9.78. The van der Waals surface area contributed by atoms with Crippen LogP contribution in [0, 0.1) is 5.92 Å². The van der Waals surface area contributed by atoms with Gasteiger partial charge in [0.15, 0.2) is 0 Å². The number of nitrogens with two attached hydrogens (primary N) is 1. The number of benzene rings is 1. The van der Waals surface area contributed by atoms with Gasteiger partial charge < -0.3 is 15.4 Å². The zero-order valence-corrected chi connectivity index (χ0v) is 15.5. The minimum Gasteiger partial charge on any atom is -0.382 e. The summed E-state index contributed by atoms with van der Waals surface area (Å²) in [6.45, 7) is 2.34. The Labute approximate surface area is 159 Å². The summed E-state index contributed by atoms with van der Waals surface area (Å²) < 4.78 is 5.77. The van der Waals surface area contributed by atoms with Gasteiger partial charge in [-0.1, -0.05) is 18.6 Å². The van der Waals surface area contributed by atoms with Gasteiger partial charge in [0.25, 0.3) is 5.91 Å². The van der Waals surface area contributed by atoms with Gasteiger partial charge in [0, 0.05) is 30.8 Å². The van der Waals surface area contributed by atoms with Crippen LogP contribution in [0.1, 0.15) is 42.5 Å². The van der Waals surface area contributed by atoms with Crippen molar-refractivity contribution in [3.63, 3.8) is 0 Å². The molecule has 1 aliphatic heterocycles. The van der Waals surface area contributed by atoms with E-state index in [0.717, 1.165) is 31.6 Å². The van der Waals surface area contributed by atoms with Crippen LogP contribution < -0.4 is 5.73 Å². The highest BCUT2D eigenvalue weighted by Crippen LogP contribution is 2.28. The first-order valence-corrected chi connectivity index (χ1v) is 9.78. The van der Waals surface area contributed by atoms with Gasteiger partial charge in [-0.05, 0) is 43.7 Å². The summed E-state index contributed by atoms with van der Waals surface area (Å²) in [4.78, 5) is 23.5. The molecule has 27 heavy (non-hydrogen) atoms. The smallest absolute Gasteiger partial charge is 0.253 e. The number of aromatic nitrogens is 2. The first kappa shape index (κ1) is 17.9. The van der Waals surface area contributed by atoms with Gasteiger partial charge in [-0.15, -0.1) is 0 Å². The number of nitrogens with zero attached hydrogens (tertiary/aromatic N) is 3. The third-order valence-electron chi connectivity index (χ3n) is 5.52. The van der Waals surface area contributed by atoms with Crippen LogP contribution in [0.25, 0.3) is 11.3 Å². The van der Waals surface area contributed by atoms with Crippen LogP contribution in [-0.2, 0) is 4.74 Å². The summed E-state index contributed by atoms with van der Waals surface area (Å²) in [6, 6.07) is 7.55. The zero-order valence-electron chi connectivity index (χ0n) is 15.5. The second kappa shape index (κ2) is 8.05. The van der Waals surface area contributed by atoms with E-state index < -0.39 is 0 Å². The summed E-state index contributed by atoms with van der Waals surface area (Å²) in [7, 11) is 0. The standard InChI is InChI=1S/C21H26N4O2/c22-20-12-23-11-19(24-20)16-6-8-17(9-7-16)21(26)25(13-15-3-1-4-15)14-18-5-2-10-27-18/h6-9,11-12,15,18H,1-5,10,13-14H2,(H2,22,24). The van der Waals surface area contributed by atoms with E-state index in [1.807, 2.05) is 29.2 Å². The quantitative estimate of drug-likeness (QED) is 0.849. The minimum atomic E-state index is 0.0857. The highest BCUT2D eigenvalue weighted by molar-refractivity contribution is 5.94. The molecule has 1 saturated heterocycles. The van der Waals surface area contributed by atoms with Gasteiger partial charge in [0.05, 0.1) is 24.2 Å². The Bertz CT molecular complexity index is 783. The summed E-state index contributed by atoms with van der Waals surface area (Å²) in [6.07, 6.45) is 9.23. The number of ether oxygens (including phenoxy) is 1. The van der Waals surface area contributed by atoms with Crippen LogP contribution >= 0.6 is 0 Å². The number of nitrogen functional groups attached to an aromatic ring is 1. The SMILES string of the molecule is Nc1cncc(-c2ccc(C(=O)N(CC3CCC3)CC3CCCO3)cc2)n1. The number of hydrogen-bond donors (Lipinski definition) is 1. The lowest BCUT2D eigenvalue weighted by Crippen LogP contribution is -2.41. The summed E-state index contributed by atoms with van der Waals surface area (Å²) in [5.41, 5.74) is 8.02. The van der Waals surface area contributed by atoms with E-state index in [1.165, 1.54) is 25.5 Å². The molecule has 1 aromatic carbocycles. The molecule has 2 fully saturated rings. The lowest BCUT2D eigenvalue weighted by molar-refractivity contribution is 0.0448. The number of carbonyl (C=O) groups is 1. The largest absolute Gasteiger partial charge is 0.382 e. The summed E-state index contributed by atoms with van der Waals surface area (Å²) in [5.74, 6) is 1.11. The van der Waals surface area contributed by atoms with E-state index >= 15 is 0 Å². The van der Waals surface area contributed by atoms with Crippen molar-refractivity contribution >= 4 is 11.7 Å². The molecule has 0 radical (unpaired) electrons. The van der Waals surface area contributed by atoms with Gasteiger partial charge in [0.2, 0.25) is 0 Å². The molecule has 0 bridgehead atoms. The third-order valence-corrected chi connectivity index (χ3v) is 5.52. The number of amides is 1. The first-order chi connectivity index (χ1) is 13.2. The summed E-state index contributed by atoms with van der Waals surface area (Å²) in [5, 5.41) is 0. The van der Waals surface area contributed by atoms with Gasteiger partial charge in [-0.3, -0.25) is 9.78 Å². The molecule has 6 nitrogen and oxygen atoms in total. The van der Waals surface area contributed by atoms with E-state index in [4.69, 9.17) is 10.5 Å². The maximum absolute atomic E-state index is 13.1. The van der Waals surface area contributed by atoms with Crippen molar-refractivity contribution in [1.29, 1.82) is 0 Å². The molecule has 1 saturated carbocycles. The molecular weight excluding hydrogens is 340 g/mol. The van der Waals surface area contributed by atoms with Gasteiger partial charge in [-0.2, -0.15) is 0 Å². The zero-order chi connectivity index (χ0) is 18.6. The van der Waals surface area contributed by atoms with Crippen LogP contribution in [0.3, 0.4) is 0 Å². The highest BCUT2D eigenvalue weighted by Gasteiger charge is 2.28. The van der Waals surface area contributed by atoms with Crippen LogP contribution in [0.5, 0.6) is 0 Å². The average Bonchev–Trinajstić information content (AvgIpc) is 3.16. The van der Waals surface area contributed by atoms with E-state index in [-0.39, 0.29) is 12.0 Å². The van der Waals surface area contributed by atoms with Crippen LogP contribution in [0.2, 0.25) is 0 Å². The Kier molecular flexibility index (Phi) is 5.34. The maximum atomic E-state index is 13.1. The van der Waals surface area contributed by atoms with Crippen molar-refractivity contribution in [2.75, 3.05) is 25.4 Å². The molecule has 2 N–H and O–H groups in total. The van der Waals surface area contributed by atoms with E-state index in [9.17, 15) is 4.79 Å². The maximum Gasteiger partial charge on any atom is 0.253 e. The lowest BCUT2D eigenvalue weighted by Gasteiger charge is -2.33. The monoisotopic (exact) mass is 366 g/mol. The van der Waals surface area contributed by atoms with E-state index in [1.54, 1.807) is 6.20 Å². The Morgan fingerprint density at radius 1 is 1.11 bits per heavy atom. The predicted octanol–water partition coefficient (Wildman–Crippen LogP) is 3.15. The Balaban J connectivity index is 1.49. The molecule has 1 atom stereocenters. The third kappa shape index (κ3) is 4.27. The summed E-state index contributed by atoms with van der Waals surface area (Å²) >= 11 is 0. The second-order valence-corrected chi connectivity index (χ2v) is 7.55. The van der Waals surface area contributed by atoms with Crippen LogP contribution in [0.4, 0.5) is 5.82 Å². The van der Waals surface area contributed by atoms with E-state index in [2.05, 4.69) is 9.97 Å². The lowest BCUT2D eigenvalue weighted by atomic mass is 9.85. The predicted molar refractivity (Wildman–Crippen MR) is 104 cm³/mol. The Hall–Kier alpha value is -2.47. The molecule has 0 spiro atoms. The molecule has 2 aliphatic rings. The Morgan fingerprint density at radius 2 is 1.93 bits per heavy atom.